The number of nitrogens with one attached hydrogen (secondary N) is 1. The van der Waals surface area contributed by atoms with Crippen LogP contribution >= 0.6 is 10.7 Å². The Morgan fingerprint density at radius 1 is 1.15 bits per heavy atom. The molecule has 0 aliphatic carbocycles. The monoisotopic (exact) mass is 341 g/mol. The van der Waals surface area contributed by atoms with Crippen LogP contribution in [0.5, 0.6) is 0 Å². The summed E-state index contributed by atoms with van der Waals surface area (Å²) in [5.74, 6) is 0. The second-order valence-electron chi connectivity index (χ2n) is 4.01. The Kier molecular flexibility index (Phi) is 6.41. The Morgan fingerprint density at radius 2 is 1.80 bits per heavy atom. The minimum absolute atomic E-state index is 0.133. The van der Waals surface area contributed by atoms with E-state index in [-0.39, 0.29) is 16.3 Å². The first-order valence-electron chi connectivity index (χ1n) is 5.81. The predicted molar refractivity (Wildman–Crippen MR) is 75.8 cm³/mol. The maximum Gasteiger partial charge on any atom is 0.261 e. The number of unbranched alkanes of at least 4 members (excludes halogenated alkanes) is 1. The molecule has 0 radical (unpaired) electrons. The van der Waals surface area contributed by atoms with E-state index in [1.54, 1.807) is 7.11 Å². The van der Waals surface area contributed by atoms with Crippen molar-refractivity contribution in [3.8, 4) is 0 Å². The lowest BCUT2D eigenvalue weighted by Crippen LogP contribution is -2.25. The molecular weight excluding hydrogens is 326 g/mol. The number of hydrogen-bond acceptors (Lipinski definition) is 5. The van der Waals surface area contributed by atoms with Crippen LogP contribution in [0.3, 0.4) is 0 Å². The number of methoxy groups -OCH3 is 1. The van der Waals surface area contributed by atoms with Crippen LogP contribution in [0.25, 0.3) is 0 Å². The average molecular weight is 342 g/mol. The lowest BCUT2D eigenvalue weighted by molar-refractivity contribution is 0.193. The van der Waals surface area contributed by atoms with E-state index in [1.165, 1.54) is 18.2 Å². The van der Waals surface area contributed by atoms with Gasteiger partial charge in [0.2, 0.25) is 10.0 Å². The molecule has 0 unspecified atom stereocenters. The highest BCUT2D eigenvalue weighted by molar-refractivity contribution is 8.13. The van der Waals surface area contributed by atoms with Crippen molar-refractivity contribution in [2.45, 2.75) is 22.6 Å². The zero-order valence-corrected chi connectivity index (χ0v) is 13.3. The smallest absolute Gasteiger partial charge is 0.261 e. The summed E-state index contributed by atoms with van der Waals surface area (Å²) in [5, 5.41) is 0. The molecule has 0 spiro atoms. The number of sulfonamides is 1. The van der Waals surface area contributed by atoms with Crippen molar-refractivity contribution in [2.75, 3.05) is 20.3 Å². The van der Waals surface area contributed by atoms with Gasteiger partial charge in [0.05, 0.1) is 9.79 Å². The van der Waals surface area contributed by atoms with Gasteiger partial charge in [0, 0.05) is 30.9 Å². The van der Waals surface area contributed by atoms with Crippen LogP contribution < -0.4 is 4.72 Å². The molecule has 1 rings (SSSR count). The Hall–Kier alpha value is -0.670. The van der Waals surface area contributed by atoms with Gasteiger partial charge in [-0.3, -0.25) is 0 Å². The molecule has 1 aromatic carbocycles. The number of hydrogen-bond donors (Lipinski definition) is 1. The van der Waals surface area contributed by atoms with E-state index in [1.807, 2.05) is 0 Å². The quantitative estimate of drug-likeness (QED) is 0.569. The highest BCUT2D eigenvalue weighted by Gasteiger charge is 2.17. The summed E-state index contributed by atoms with van der Waals surface area (Å²) in [5.41, 5.74) is 0. The number of rotatable bonds is 8. The minimum atomic E-state index is -3.95. The highest BCUT2D eigenvalue weighted by atomic mass is 35.7. The molecule has 0 amide bonds. The van der Waals surface area contributed by atoms with E-state index in [0.29, 0.717) is 13.0 Å². The summed E-state index contributed by atoms with van der Waals surface area (Å²) in [4.78, 5) is -0.382. The Morgan fingerprint density at radius 3 is 2.40 bits per heavy atom. The minimum Gasteiger partial charge on any atom is -0.385 e. The van der Waals surface area contributed by atoms with Crippen LogP contribution in [0.4, 0.5) is 0 Å². The third-order valence-corrected chi connectivity index (χ3v) is 5.27. The first-order valence-corrected chi connectivity index (χ1v) is 9.60. The average Bonchev–Trinajstić information content (AvgIpc) is 2.37. The molecule has 0 aromatic heterocycles. The summed E-state index contributed by atoms with van der Waals surface area (Å²) >= 11 is 0. The number of halogens is 1. The van der Waals surface area contributed by atoms with Crippen molar-refractivity contribution in [1.29, 1.82) is 0 Å². The van der Waals surface area contributed by atoms with Gasteiger partial charge >= 0.3 is 0 Å². The third-order valence-electron chi connectivity index (χ3n) is 2.46. The Labute approximate surface area is 123 Å². The van der Waals surface area contributed by atoms with Crippen LogP contribution in [-0.2, 0) is 23.8 Å². The van der Waals surface area contributed by atoms with Crippen LogP contribution in [-0.4, -0.2) is 37.1 Å². The maximum absolute atomic E-state index is 12.0. The van der Waals surface area contributed by atoms with Gasteiger partial charge in [-0.1, -0.05) is 6.07 Å². The molecule has 0 fully saturated rings. The van der Waals surface area contributed by atoms with Crippen molar-refractivity contribution in [2.24, 2.45) is 0 Å². The number of benzene rings is 1. The van der Waals surface area contributed by atoms with Crippen LogP contribution in [0.15, 0.2) is 34.1 Å². The fourth-order valence-corrected chi connectivity index (χ4v) is 3.45. The molecule has 0 atom stereocenters. The fourth-order valence-electron chi connectivity index (χ4n) is 1.45. The molecule has 6 nitrogen and oxygen atoms in total. The third kappa shape index (κ3) is 5.37. The van der Waals surface area contributed by atoms with E-state index in [9.17, 15) is 16.8 Å². The SMILES string of the molecule is COCCCCNS(=O)(=O)c1cccc(S(=O)(=O)Cl)c1. The van der Waals surface area contributed by atoms with Crippen molar-refractivity contribution >= 4 is 29.8 Å². The topological polar surface area (TPSA) is 89.5 Å². The number of ether oxygens (including phenoxy) is 1. The van der Waals surface area contributed by atoms with Gasteiger partial charge in [-0.2, -0.15) is 0 Å². The molecule has 0 aliphatic heterocycles. The van der Waals surface area contributed by atoms with Gasteiger partial charge < -0.3 is 4.74 Å². The molecule has 0 aliphatic rings. The summed E-state index contributed by atoms with van der Waals surface area (Å²) < 4.78 is 53.5. The van der Waals surface area contributed by atoms with E-state index >= 15 is 0 Å². The second kappa shape index (κ2) is 7.37. The maximum atomic E-state index is 12.0. The molecule has 114 valence electrons. The van der Waals surface area contributed by atoms with Gasteiger partial charge in [0.1, 0.15) is 0 Å². The summed E-state index contributed by atoms with van der Waals surface area (Å²) in [6.45, 7) is 0.811. The van der Waals surface area contributed by atoms with Crippen LogP contribution in [0, 0.1) is 0 Å². The lowest BCUT2D eigenvalue weighted by atomic mass is 10.3. The van der Waals surface area contributed by atoms with Crippen molar-refractivity contribution in [3.63, 3.8) is 0 Å². The zero-order chi connectivity index (χ0) is 15.2. The van der Waals surface area contributed by atoms with Crippen LogP contribution in [0.1, 0.15) is 12.8 Å². The molecule has 9 heteroatoms. The van der Waals surface area contributed by atoms with Gasteiger partial charge in [-0.15, -0.1) is 0 Å². The van der Waals surface area contributed by atoms with E-state index < -0.39 is 19.1 Å². The molecule has 0 heterocycles. The van der Waals surface area contributed by atoms with Gasteiger partial charge in [-0.25, -0.2) is 21.6 Å². The molecule has 20 heavy (non-hydrogen) atoms. The first kappa shape index (κ1) is 17.4. The van der Waals surface area contributed by atoms with Crippen molar-refractivity contribution in [3.05, 3.63) is 24.3 Å². The molecule has 0 saturated heterocycles. The Bertz CT molecular complexity index is 643. The van der Waals surface area contributed by atoms with Crippen LogP contribution in [0.2, 0.25) is 0 Å². The molecule has 0 bridgehead atoms. The Balaban J connectivity index is 2.78. The lowest BCUT2D eigenvalue weighted by Gasteiger charge is -2.07. The van der Waals surface area contributed by atoms with Crippen molar-refractivity contribution in [1.82, 2.24) is 4.72 Å². The highest BCUT2D eigenvalue weighted by Crippen LogP contribution is 2.18. The van der Waals surface area contributed by atoms with Crippen molar-refractivity contribution < 1.29 is 21.6 Å². The van der Waals surface area contributed by atoms with E-state index in [2.05, 4.69) is 4.72 Å². The van der Waals surface area contributed by atoms with Gasteiger partial charge in [0.15, 0.2) is 0 Å². The fraction of sp³-hybridized carbons (Fsp3) is 0.455. The molecule has 0 saturated carbocycles. The summed E-state index contributed by atoms with van der Waals surface area (Å²) in [6, 6.07) is 4.90. The standard InChI is InChI=1S/C11H16ClNO5S2/c1-18-8-3-2-7-13-20(16,17)11-6-4-5-10(9-11)19(12,14)15/h4-6,9,13H,2-3,7-8H2,1H3. The molecule has 1 aromatic rings. The first-order chi connectivity index (χ1) is 9.27. The van der Waals surface area contributed by atoms with E-state index in [4.69, 9.17) is 15.4 Å². The molecular formula is C11H16ClNO5S2. The molecule has 1 N–H and O–H groups in total. The summed E-state index contributed by atoms with van der Waals surface area (Å²) in [7, 11) is -0.942. The van der Waals surface area contributed by atoms with Gasteiger partial charge in [0.25, 0.3) is 9.05 Å². The van der Waals surface area contributed by atoms with E-state index in [0.717, 1.165) is 12.5 Å². The predicted octanol–water partition coefficient (Wildman–Crippen LogP) is 1.32. The largest absolute Gasteiger partial charge is 0.385 e. The zero-order valence-electron chi connectivity index (χ0n) is 10.9. The van der Waals surface area contributed by atoms with Gasteiger partial charge in [-0.05, 0) is 31.0 Å². The normalized spacial score (nSPS) is 12.5. The summed E-state index contributed by atoms with van der Waals surface area (Å²) in [6.07, 6.45) is 1.36. The second-order valence-corrected chi connectivity index (χ2v) is 8.34.